The summed E-state index contributed by atoms with van der Waals surface area (Å²) in [5.41, 5.74) is 3.07. The highest BCUT2D eigenvalue weighted by molar-refractivity contribution is 6.06. The summed E-state index contributed by atoms with van der Waals surface area (Å²) in [5, 5.41) is 20.5. The Morgan fingerprint density at radius 3 is 2.44 bits per heavy atom. The van der Waals surface area contributed by atoms with Gasteiger partial charge in [0.15, 0.2) is 5.78 Å². The molecule has 1 heterocycles. The first-order valence-corrected chi connectivity index (χ1v) is 11.3. The minimum Gasteiger partial charge on any atom is -0.394 e. The highest BCUT2D eigenvalue weighted by Gasteiger charge is 2.15. The third kappa shape index (κ3) is 6.39. The summed E-state index contributed by atoms with van der Waals surface area (Å²) in [4.78, 5) is 15.0. The number of hydrogen-bond acceptors (Lipinski definition) is 6. The predicted molar refractivity (Wildman–Crippen MR) is 127 cm³/mol. The SMILES string of the molecule is C/C(=C(/C#N)C(=O)CCCOCCOCCO)c1ccc2cc(N3CCCC3)ccc2c1. The number of rotatable bonds is 12. The van der Waals surface area contributed by atoms with Crippen molar-refractivity contribution in [1.82, 2.24) is 0 Å². The molecular weight excluding hydrogens is 404 g/mol. The Morgan fingerprint density at radius 2 is 1.72 bits per heavy atom. The molecule has 0 bridgehead atoms. The van der Waals surface area contributed by atoms with E-state index in [1.807, 2.05) is 13.0 Å². The average Bonchev–Trinajstić information content (AvgIpc) is 3.35. The summed E-state index contributed by atoms with van der Waals surface area (Å²) in [5.74, 6) is -0.158. The highest BCUT2D eigenvalue weighted by Crippen LogP contribution is 2.28. The molecule has 0 saturated carbocycles. The monoisotopic (exact) mass is 436 g/mol. The van der Waals surface area contributed by atoms with Gasteiger partial charge >= 0.3 is 0 Å². The first kappa shape index (κ1) is 23.9. The summed E-state index contributed by atoms with van der Waals surface area (Å²) < 4.78 is 10.5. The Bertz CT molecular complexity index is 987. The van der Waals surface area contributed by atoms with Crippen molar-refractivity contribution in [2.24, 2.45) is 0 Å². The van der Waals surface area contributed by atoms with Crippen LogP contribution in [0.5, 0.6) is 0 Å². The zero-order chi connectivity index (χ0) is 22.8. The Balaban J connectivity index is 1.61. The van der Waals surface area contributed by atoms with Gasteiger partial charge in [-0.1, -0.05) is 18.2 Å². The van der Waals surface area contributed by atoms with Crippen molar-refractivity contribution in [1.29, 1.82) is 5.26 Å². The molecule has 0 radical (unpaired) electrons. The van der Waals surface area contributed by atoms with E-state index in [1.54, 1.807) is 0 Å². The lowest BCUT2D eigenvalue weighted by Gasteiger charge is -2.18. The third-order valence-corrected chi connectivity index (χ3v) is 5.79. The zero-order valence-corrected chi connectivity index (χ0v) is 18.8. The Hall–Kier alpha value is -2.72. The first-order valence-electron chi connectivity index (χ1n) is 11.3. The van der Waals surface area contributed by atoms with E-state index in [0.717, 1.165) is 29.4 Å². The second-order valence-corrected chi connectivity index (χ2v) is 8.03. The van der Waals surface area contributed by atoms with Crippen LogP contribution in [0.2, 0.25) is 0 Å². The second kappa shape index (κ2) is 12.4. The summed E-state index contributed by atoms with van der Waals surface area (Å²) in [6.07, 6.45) is 3.31. The van der Waals surface area contributed by atoms with Crippen LogP contribution in [0.3, 0.4) is 0 Å². The normalized spacial score (nSPS) is 14.5. The van der Waals surface area contributed by atoms with Gasteiger partial charge in [0.2, 0.25) is 0 Å². The van der Waals surface area contributed by atoms with Crippen LogP contribution in [-0.4, -0.2) is 57.0 Å². The number of allylic oxidation sites excluding steroid dienone is 2. The maximum Gasteiger partial charge on any atom is 0.173 e. The number of carbonyl (C=O) groups is 1. The van der Waals surface area contributed by atoms with Crippen molar-refractivity contribution in [3.05, 3.63) is 47.5 Å². The number of ketones is 1. The van der Waals surface area contributed by atoms with E-state index >= 15 is 0 Å². The Labute approximate surface area is 190 Å². The van der Waals surface area contributed by atoms with Gasteiger partial charge in [0, 0.05) is 31.8 Å². The fourth-order valence-corrected chi connectivity index (χ4v) is 3.98. The van der Waals surface area contributed by atoms with Gasteiger partial charge in [-0.2, -0.15) is 5.26 Å². The van der Waals surface area contributed by atoms with Crippen molar-refractivity contribution in [2.45, 2.75) is 32.6 Å². The maximum atomic E-state index is 12.6. The molecule has 1 aliphatic heterocycles. The summed E-state index contributed by atoms with van der Waals surface area (Å²) in [7, 11) is 0. The van der Waals surface area contributed by atoms with Crippen LogP contribution < -0.4 is 4.90 Å². The van der Waals surface area contributed by atoms with Crippen LogP contribution in [0.4, 0.5) is 5.69 Å². The lowest BCUT2D eigenvalue weighted by Crippen LogP contribution is -2.17. The number of nitriles is 1. The van der Waals surface area contributed by atoms with E-state index in [2.05, 4.69) is 41.3 Å². The van der Waals surface area contributed by atoms with E-state index in [9.17, 15) is 10.1 Å². The van der Waals surface area contributed by atoms with Crippen LogP contribution in [0.25, 0.3) is 16.3 Å². The minimum absolute atomic E-state index is 0.00598. The number of aliphatic hydroxyl groups is 1. The molecule has 32 heavy (non-hydrogen) atoms. The number of Topliss-reactive ketones (excluding diaryl/α,β-unsaturated/α-hetero) is 1. The summed E-state index contributed by atoms with van der Waals surface area (Å²) in [6.45, 7) is 5.62. The summed E-state index contributed by atoms with van der Waals surface area (Å²) >= 11 is 0. The largest absolute Gasteiger partial charge is 0.394 e. The molecule has 2 aromatic carbocycles. The molecule has 170 valence electrons. The van der Waals surface area contributed by atoms with Crippen LogP contribution in [0.1, 0.15) is 38.2 Å². The molecule has 6 nitrogen and oxygen atoms in total. The van der Waals surface area contributed by atoms with Gasteiger partial charge in [0.25, 0.3) is 0 Å². The molecule has 1 saturated heterocycles. The predicted octanol–water partition coefficient (Wildman–Crippen LogP) is 4.11. The minimum atomic E-state index is -0.158. The van der Waals surface area contributed by atoms with Crippen LogP contribution in [0.15, 0.2) is 42.0 Å². The molecule has 1 aliphatic rings. The number of carbonyl (C=O) groups excluding carboxylic acids is 1. The standard InChI is InChI=1S/C26H32N2O4/c1-20(25(19-27)26(30)5-4-13-31-15-16-32-14-12-29)21-6-7-23-18-24(9-8-22(23)17-21)28-10-2-3-11-28/h6-9,17-18,29H,2-5,10-16H2,1H3/b25-20+. The molecule has 0 atom stereocenters. The van der Waals surface area contributed by atoms with E-state index in [1.165, 1.54) is 18.5 Å². The van der Waals surface area contributed by atoms with Gasteiger partial charge in [-0.3, -0.25) is 4.79 Å². The van der Waals surface area contributed by atoms with E-state index < -0.39 is 0 Å². The first-order chi connectivity index (χ1) is 15.6. The average molecular weight is 437 g/mol. The lowest BCUT2D eigenvalue weighted by atomic mass is 9.95. The van der Waals surface area contributed by atoms with Crippen molar-refractivity contribution >= 4 is 27.8 Å². The van der Waals surface area contributed by atoms with Crippen LogP contribution >= 0.6 is 0 Å². The molecular formula is C26H32N2O4. The van der Waals surface area contributed by atoms with Gasteiger partial charge in [0.05, 0.1) is 32.0 Å². The van der Waals surface area contributed by atoms with Crippen LogP contribution in [-0.2, 0) is 14.3 Å². The van der Waals surface area contributed by atoms with Gasteiger partial charge in [0.1, 0.15) is 6.07 Å². The molecule has 6 heteroatoms. The molecule has 3 rings (SSSR count). The number of fused-ring (bicyclic) bond motifs is 1. The Kier molecular flexibility index (Phi) is 9.24. The Morgan fingerprint density at radius 1 is 1.03 bits per heavy atom. The van der Waals surface area contributed by atoms with Gasteiger partial charge < -0.3 is 19.5 Å². The van der Waals surface area contributed by atoms with E-state index in [0.29, 0.717) is 38.4 Å². The number of nitrogens with zero attached hydrogens (tertiary/aromatic N) is 2. The molecule has 0 aromatic heterocycles. The third-order valence-electron chi connectivity index (χ3n) is 5.79. The topological polar surface area (TPSA) is 82.8 Å². The number of hydrogen-bond donors (Lipinski definition) is 1. The van der Waals surface area contributed by atoms with Crippen molar-refractivity contribution < 1.29 is 19.4 Å². The lowest BCUT2D eigenvalue weighted by molar-refractivity contribution is -0.115. The van der Waals surface area contributed by atoms with Crippen molar-refractivity contribution in [3.8, 4) is 6.07 Å². The fourth-order valence-electron chi connectivity index (χ4n) is 3.98. The van der Waals surface area contributed by atoms with Gasteiger partial charge in [-0.15, -0.1) is 0 Å². The van der Waals surface area contributed by atoms with E-state index in [-0.39, 0.29) is 24.4 Å². The second-order valence-electron chi connectivity index (χ2n) is 8.03. The smallest absolute Gasteiger partial charge is 0.173 e. The molecule has 1 fully saturated rings. The molecule has 2 aromatic rings. The molecule has 0 spiro atoms. The fraction of sp³-hybridized carbons (Fsp3) is 0.462. The van der Waals surface area contributed by atoms with Crippen LogP contribution in [0, 0.1) is 11.3 Å². The number of aliphatic hydroxyl groups excluding tert-OH is 1. The molecule has 0 amide bonds. The van der Waals surface area contributed by atoms with Gasteiger partial charge in [-0.05, 0) is 66.3 Å². The van der Waals surface area contributed by atoms with Gasteiger partial charge in [-0.25, -0.2) is 0 Å². The summed E-state index contributed by atoms with van der Waals surface area (Å²) in [6, 6.07) is 14.7. The number of anilines is 1. The number of ether oxygens (including phenoxy) is 2. The molecule has 0 unspecified atom stereocenters. The maximum absolute atomic E-state index is 12.6. The van der Waals surface area contributed by atoms with Crippen molar-refractivity contribution in [2.75, 3.05) is 51.0 Å². The quantitative estimate of drug-likeness (QED) is 0.306. The molecule has 1 N–H and O–H groups in total. The zero-order valence-electron chi connectivity index (χ0n) is 18.8. The van der Waals surface area contributed by atoms with E-state index in [4.69, 9.17) is 14.6 Å². The molecule has 0 aliphatic carbocycles. The highest BCUT2D eigenvalue weighted by atomic mass is 16.5. The van der Waals surface area contributed by atoms with Crippen molar-refractivity contribution in [3.63, 3.8) is 0 Å². The number of benzene rings is 2.